The minimum absolute atomic E-state index is 0.00265. The van der Waals surface area contributed by atoms with Gasteiger partial charge in [0.15, 0.2) is 0 Å². The zero-order valence-corrected chi connectivity index (χ0v) is 18.9. The largest absolute Gasteiger partial charge is 0.374 e. The van der Waals surface area contributed by atoms with E-state index in [1.165, 1.54) is 0 Å². The Morgan fingerprint density at radius 3 is 2.57 bits per heavy atom. The molecule has 0 radical (unpaired) electrons. The molecule has 2 heterocycles. The third-order valence-electron chi connectivity index (χ3n) is 5.80. The Morgan fingerprint density at radius 2 is 1.87 bits per heavy atom. The number of nitrogens with zero attached hydrogens (tertiary/aromatic N) is 2. The van der Waals surface area contributed by atoms with Gasteiger partial charge < -0.3 is 15.0 Å². The number of rotatable bonds is 7. The number of ether oxygens (including phenoxy) is 1. The number of nitrogens with one attached hydrogen (secondary N) is 1. The topological polar surface area (TPSA) is 61.9 Å². The lowest BCUT2D eigenvalue weighted by molar-refractivity contribution is -0.142. The Labute approximate surface area is 180 Å². The van der Waals surface area contributed by atoms with E-state index in [1.807, 2.05) is 26.0 Å². The molecule has 166 valence electrons. The van der Waals surface area contributed by atoms with Crippen LogP contribution in [0.3, 0.4) is 0 Å². The average Bonchev–Trinajstić information content (AvgIpc) is 2.70. The Balaban J connectivity index is 1.64. The van der Waals surface area contributed by atoms with Crippen LogP contribution in [0.4, 0.5) is 0 Å². The van der Waals surface area contributed by atoms with Gasteiger partial charge in [-0.1, -0.05) is 52.0 Å². The Bertz CT molecular complexity index is 734. The van der Waals surface area contributed by atoms with Gasteiger partial charge in [0.1, 0.15) is 6.04 Å². The van der Waals surface area contributed by atoms with Crippen LogP contribution in [0.5, 0.6) is 0 Å². The van der Waals surface area contributed by atoms with Gasteiger partial charge in [-0.05, 0) is 23.0 Å². The first-order valence-corrected chi connectivity index (χ1v) is 11.3. The van der Waals surface area contributed by atoms with Crippen molar-refractivity contribution in [3.05, 3.63) is 35.4 Å². The third-order valence-corrected chi connectivity index (χ3v) is 5.80. The quantitative estimate of drug-likeness (QED) is 0.743. The molecule has 2 aliphatic rings. The summed E-state index contributed by atoms with van der Waals surface area (Å²) in [6, 6.07) is 7.65. The van der Waals surface area contributed by atoms with Crippen molar-refractivity contribution in [3.63, 3.8) is 0 Å². The van der Waals surface area contributed by atoms with Gasteiger partial charge in [0.05, 0.1) is 12.7 Å². The minimum atomic E-state index is -0.457. The highest BCUT2D eigenvalue weighted by Crippen LogP contribution is 2.25. The molecular formula is C24H37N3O3. The maximum absolute atomic E-state index is 13.1. The number of hydrogen-bond acceptors (Lipinski definition) is 4. The fraction of sp³-hybridized carbons (Fsp3) is 0.667. The normalized spacial score (nSPS) is 22.3. The molecule has 0 aliphatic carbocycles. The summed E-state index contributed by atoms with van der Waals surface area (Å²) in [5.74, 6) is 0.852. The fourth-order valence-electron chi connectivity index (χ4n) is 4.40. The second kappa shape index (κ2) is 10.4. The van der Waals surface area contributed by atoms with Crippen molar-refractivity contribution in [3.8, 4) is 0 Å². The van der Waals surface area contributed by atoms with Crippen LogP contribution in [0.25, 0.3) is 0 Å². The van der Waals surface area contributed by atoms with Gasteiger partial charge in [0, 0.05) is 45.6 Å². The van der Waals surface area contributed by atoms with Gasteiger partial charge in [-0.2, -0.15) is 0 Å². The summed E-state index contributed by atoms with van der Waals surface area (Å²) < 4.78 is 5.87. The molecule has 6 heteroatoms. The molecule has 2 atom stereocenters. The summed E-state index contributed by atoms with van der Waals surface area (Å²) in [5.41, 5.74) is 2.29. The molecule has 0 aromatic heterocycles. The Hall–Kier alpha value is -1.92. The summed E-state index contributed by atoms with van der Waals surface area (Å²) in [6.45, 7) is 13.0. The van der Waals surface area contributed by atoms with E-state index in [9.17, 15) is 9.59 Å². The molecule has 1 saturated heterocycles. The number of carbonyl (C=O) groups excluding carboxylic acids is 2. The van der Waals surface area contributed by atoms with E-state index in [-0.39, 0.29) is 23.8 Å². The van der Waals surface area contributed by atoms with Crippen LogP contribution in [0.2, 0.25) is 0 Å². The van der Waals surface area contributed by atoms with E-state index in [2.05, 4.69) is 36.2 Å². The standard InChI is InChI=1S/C24H37N3O3/c1-17(2)11-23(28)27-15-20-8-6-5-7-19(20)12-22(27)24(29)25-13-21-16-26(9-10-30-21)14-18(3)4/h5-8,17-18,21-22H,9-16H2,1-4H3,(H,25,29). The number of benzene rings is 1. The maximum Gasteiger partial charge on any atom is 0.243 e. The number of amides is 2. The van der Waals surface area contributed by atoms with E-state index in [1.54, 1.807) is 4.90 Å². The van der Waals surface area contributed by atoms with Crippen LogP contribution < -0.4 is 5.32 Å². The van der Waals surface area contributed by atoms with E-state index < -0.39 is 6.04 Å². The third kappa shape index (κ3) is 6.05. The first kappa shape index (κ1) is 22.8. The molecule has 30 heavy (non-hydrogen) atoms. The van der Waals surface area contributed by atoms with E-state index in [4.69, 9.17) is 4.74 Å². The molecule has 1 aromatic carbocycles. The molecular weight excluding hydrogens is 378 g/mol. The first-order chi connectivity index (χ1) is 14.3. The number of morpholine rings is 1. The van der Waals surface area contributed by atoms with Gasteiger partial charge in [0.25, 0.3) is 0 Å². The highest BCUT2D eigenvalue weighted by Gasteiger charge is 2.35. The summed E-state index contributed by atoms with van der Waals surface area (Å²) >= 11 is 0. The number of fused-ring (bicyclic) bond motifs is 1. The molecule has 3 rings (SSSR count). The van der Waals surface area contributed by atoms with Crippen molar-refractivity contribution >= 4 is 11.8 Å². The summed E-state index contributed by atoms with van der Waals surface area (Å²) in [7, 11) is 0. The van der Waals surface area contributed by atoms with Crippen LogP contribution in [0, 0.1) is 11.8 Å². The van der Waals surface area contributed by atoms with Gasteiger partial charge >= 0.3 is 0 Å². The zero-order valence-electron chi connectivity index (χ0n) is 18.9. The van der Waals surface area contributed by atoms with Gasteiger partial charge in [-0.3, -0.25) is 14.5 Å². The summed E-state index contributed by atoms with van der Waals surface area (Å²) in [6.07, 6.45) is 1.02. The molecule has 0 saturated carbocycles. The number of hydrogen-bond donors (Lipinski definition) is 1. The van der Waals surface area contributed by atoms with Crippen LogP contribution in [0.15, 0.2) is 24.3 Å². The lowest BCUT2D eigenvalue weighted by Crippen LogP contribution is -2.55. The van der Waals surface area contributed by atoms with Gasteiger partial charge in [0.2, 0.25) is 11.8 Å². The Morgan fingerprint density at radius 1 is 1.13 bits per heavy atom. The lowest BCUT2D eigenvalue weighted by Gasteiger charge is -2.37. The SMILES string of the molecule is CC(C)CC(=O)N1Cc2ccccc2CC1C(=O)NCC1CN(CC(C)C)CCO1. The first-order valence-electron chi connectivity index (χ1n) is 11.3. The van der Waals surface area contributed by atoms with Crippen molar-refractivity contribution < 1.29 is 14.3 Å². The smallest absolute Gasteiger partial charge is 0.243 e. The van der Waals surface area contributed by atoms with E-state index >= 15 is 0 Å². The molecule has 2 unspecified atom stereocenters. The Kier molecular flexibility index (Phi) is 7.89. The molecule has 1 aromatic rings. The average molecular weight is 416 g/mol. The highest BCUT2D eigenvalue weighted by molar-refractivity contribution is 5.88. The molecule has 2 aliphatic heterocycles. The van der Waals surface area contributed by atoms with Crippen molar-refractivity contribution in [1.29, 1.82) is 0 Å². The van der Waals surface area contributed by atoms with Crippen molar-refractivity contribution in [1.82, 2.24) is 15.1 Å². The van der Waals surface area contributed by atoms with Crippen LogP contribution in [-0.4, -0.2) is 66.5 Å². The van der Waals surface area contributed by atoms with Crippen molar-refractivity contribution in [2.75, 3.05) is 32.8 Å². The predicted octanol–water partition coefficient (Wildman–Crippen LogP) is 2.46. The molecule has 2 amide bonds. The zero-order chi connectivity index (χ0) is 21.7. The maximum atomic E-state index is 13.1. The van der Waals surface area contributed by atoms with Crippen molar-refractivity contribution in [2.24, 2.45) is 11.8 Å². The second-order valence-corrected chi connectivity index (χ2v) is 9.50. The van der Waals surface area contributed by atoms with Gasteiger partial charge in [-0.15, -0.1) is 0 Å². The van der Waals surface area contributed by atoms with Gasteiger partial charge in [-0.25, -0.2) is 0 Å². The molecule has 1 N–H and O–H groups in total. The van der Waals surface area contributed by atoms with Crippen LogP contribution in [0.1, 0.15) is 45.2 Å². The summed E-state index contributed by atoms with van der Waals surface area (Å²) in [4.78, 5) is 30.2. The predicted molar refractivity (Wildman–Crippen MR) is 118 cm³/mol. The van der Waals surface area contributed by atoms with Crippen molar-refractivity contribution in [2.45, 2.75) is 59.2 Å². The van der Waals surface area contributed by atoms with Crippen LogP contribution >= 0.6 is 0 Å². The molecule has 0 spiro atoms. The fourth-order valence-corrected chi connectivity index (χ4v) is 4.40. The monoisotopic (exact) mass is 415 g/mol. The number of carbonyl (C=O) groups is 2. The van der Waals surface area contributed by atoms with E-state index in [0.717, 1.165) is 30.8 Å². The highest BCUT2D eigenvalue weighted by atomic mass is 16.5. The minimum Gasteiger partial charge on any atom is -0.374 e. The van der Waals surface area contributed by atoms with Crippen LogP contribution in [-0.2, 0) is 27.3 Å². The summed E-state index contributed by atoms with van der Waals surface area (Å²) in [5, 5.41) is 3.08. The van der Waals surface area contributed by atoms with E-state index in [0.29, 0.717) is 38.5 Å². The lowest BCUT2D eigenvalue weighted by atomic mass is 9.92. The molecule has 0 bridgehead atoms. The molecule has 6 nitrogen and oxygen atoms in total. The second-order valence-electron chi connectivity index (χ2n) is 9.50. The molecule has 1 fully saturated rings.